The van der Waals surface area contributed by atoms with Gasteiger partial charge in [-0.3, -0.25) is 0 Å². The van der Waals surface area contributed by atoms with E-state index in [9.17, 15) is 0 Å². The fraction of sp³-hybridized carbons (Fsp3) is 0.167. The maximum absolute atomic E-state index is 8.97. The molecule has 49 valence electrons. The molecule has 0 aromatic heterocycles. The van der Waals surface area contributed by atoms with Crippen LogP contribution in [0.5, 0.6) is 0 Å². The molecular formula is C6H5Cl2O. The third-order valence-corrected chi connectivity index (χ3v) is 1.68. The Hall–Kier alpha value is -0.140. The monoisotopic (exact) mass is 163 g/mol. The van der Waals surface area contributed by atoms with Crippen molar-refractivity contribution in [2.24, 2.45) is 0 Å². The van der Waals surface area contributed by atoms with Crippen molar-refractivity contribution in [1.29, 1.82) is 0 Å². The third-order valence-electron chi connectivity index (χ3n) is 1.04. The maximum Gasteiger partial charge on any atom is 0.148 e. The summed E-state index contributed by atoms with van der Waals surface area (Å²) in [6, 6.07) is 0. The Morgan fingerprint density at radius 3 is 2.56 bits per heavy atom. The molecular weight excluding hydrogens is 159 g/mol. The third kappa shape index (κ3) is 1.41. The highest BCUT2D eigenvalue weighted by Crippen LogP contribution is 2.27. The van der Waals surface area contributed by atoms with Crippen molar-refractivity contribution < 1.29 is 5.11 Å². The lowest BCUT2D eigenvalue weighted by atomic mass is 10.2. The van der Waals surface area contributed by atoms with Gasteiger partial charge < -0.3 is 5.11 Å². The summed E-state index contributed by atoms with van der Waals surface area (Å²) >= 11 is 11.0. The van der Waals surface area contributed by atoms with Gasteiger partial charge in [0.1, 0.15) is 5.76 Å². The molecule has 0 heterocycles. The van der Waals surface area contributed by atoms with E-state index < -0.39 is 0 Å². The molecule has 0 aromatic carbocycles. The number of hydrogen-bond donors (Lipinski definition) is 1. The van der Waals surface area contributed by atoms with Crippen LogP contribution in [0.1, 0.15) is 6.42 Å². The van der Waals surface area contributed by atoms with Crippen molar-refractivity contribution in [3.8, 4) is 0 Å². The van der Waals surface area contributed by atoms with E-state index in [1.54, 1.807) is 12.5 Å². The van der Waals surface area contributed by atoms with Gasteiger partial charge in [0.25, 0.3) is 0 Å². The second-order valence-electron chi connectivity index (χ2n) is 1.71. The van der Waals surface area contributed by atoms with Gasteiger partial charge in [-0.15, -0.1) is 0 Å². The number of aliphatic hydroxyl groups is 1. The Morgan fingerprint density at radius 1 is 1.44 bits per heavy atom. The number of halogens is 2. The molecule has 0 atom stereocenters. The summed E-state index contributed by atoms with van der Waals surface area (Å²) in [5.74, 6) is 0.000772. The summed E-state index contributed by atoms with van der Waals surface area (Å²) in [6.07, 6.45) is 4.00. The zero-order valence-corrected chi connectivity index (χ0v) is 6.08. The zero-order valence-electron chi connectivity index (χ0n) is 4.56. The van der Waals surface area contributed by atoms with Crippen LogP contribution < -0.4 is 0 Å². The highest BCUT2D eigenvalue weighted by Gasteiger charge is 2.10. The van der Waals surface area contributed by atoms with Gasteiger partial charge >= 0.3 is 0 Å². The van der Waals surface area contributed by atoms with E-state index in [4.69, 9.17) is 28.3 Å². The quantitative estimate of drug-likeness (QED) is 0.583. The van der Waals surface area contributed by atoms with Crippen molar-refractivity contribution in [1.82, 2.24) is 0 Å². The van der Waals surface area contributed by atoms with Gasteiger partial charge in [-0.1, -0.05) is 29.3 Å². The van der Waals surface area contributed by atoms with Gasteiger partial charge in [0.15, 0.2) is 0 Å². The van der Waals surface area contributed by atoms with Gasteiger partial charge in [-0.2, -0.15) is 0 Å². The first-order valence-electron chi connectivity index (χ1n) is 2.49. The Balaban J connectivity index is 2.88. The molecule has 1 radical (unpaired) electrons. The zero-order chi connectivity index (χ0) is 6.85. The average molecular weight is 164 g/mol. The molecule has 0 saturated heterocycles. The molecule has 0 aromatic rings. The van der Waals surface area contributed by atoms with Crippen molar-refractivity contribution in [3.63, 3.8) is 0 Å². The summed E-state index contributed by atoms with van der Waals surface area (Å²) in [7, 11) is 0. The van der Waals surface area contributed by atoms with E-state index in [-0.39, 0.29) is 5.76 Å². The minimum Gasteiger partial charge on any atom is -0.505 e. The smallest absolute Gasteiger partial charge is 0.148 e. The molecule has 0 unspecified atom stereocenters. The largest absolute Gasteiger partial charge is 0.505 e. The molecule has 1 aliphatic rings. The number of allylic oxidation sites excluding steroid dienone is 3. The van der Waals surface area contributed by atoms with Crippen LogP contribution >= 0.6 is 23.2 Å². The first-order chi connectivity index (χ1) is 4.22. The fourth-order valence-electron chi connectivity index (χ4n) is 0.571. The van der Waals surface area contributed by atoms with Crippen LogP contribution in [-0.2, 0) is 0 Å². The molecule has 0 spiro atoms. The molecule has 0 bridgehead atoms. The normalized spacial score (nSPS) is 20.0. The lowest BCUT2D eigenvalue weighted by Gasteiger charge is -2.06. The summed E-state index contributed by atoms with van der Waals surface area (Å²) in [5, 5.41) is 9.69. The lowest BCUT2D eigenvalue weighted by molar-refractivity contribution is 0.423. The Labute approximate surface area is 63.6 Å². The van der Waals surface area contributed by atoms with Crippen molar-refractivity contribution >= 4 is 23.2 Å². The van der Waals surface area contributed by atoms with Gasteiger partial charge in [0, 0.05) is 0 Å². The number of hydrogen-bond acceptors (Lipinski definition) is 1. The highest BCUT2D eigenvalue weighted by atomic mass is 35.5. The van der Waals surface area contributed by atoms with Crippen LogP contribution in [0.4, 0.5) is 0 Å². The molecule has 0 fully saturated rings. The average Bonchev–Trinajstić information content (AvgIpc) is 1.83. The van der Waals surface area contributed by atoms with E-state index in [0.717, 1.165) is 0 Å². The maximum atomic E-state index is 8.97. The molecule has 0 saturated carbocycles. The highest BCUT2D eigenvalue weighted by molar-refractivity contribution is 6.35. The van der Waals surface area contributed by atoms with E-state index in [2.05, 4.69) is 0 Å². The van der Waals surface area contributed by atoms with Crippen molar-refractivity contribution in [2.45, 2.75) is 6.42 Å². The van der Waals surface area contributed by atoms with Crippen molar-refractivity contribution in [3.05, 3.63) is 28.3 Å². The molecule has 0 amide bonds. The summed E-state index contributed by atoms with van der Waals surface area (Å²) in [4.78, 5) is 0. The lowest BCUT2D eigenvalue weighted by Crippen LogP contribution is -1.92. The Kier molecular flexibility index (Phi) is 2.04. The molecule has 1 aliphatic carbocycles. The molecule has 1 N–H and O–H groups in total. The predicted molar refractivity (Wildman–Crippen MR) is 38.4 cm³/mol. The van der Waals surface area contributed by atoms with Crippen LogP contribution in [0.3, 0.4) is 0 Å². The van der Waals surface area contributed by atoms with Gasteiger partial charge in [-0.25, -0.2) is 0 Å². The summed E-state index contributed by atoms with van der Waals surface area (Å²) < 4.78 is 0. The Bertz CT molecular complexity index is 181. The molecule has 0 aliphatic heterocycles. The molecule has 1 rings (SSSR count). The second kappa shape index (κ2) is 2.63. The van der Waals surface area contributed by atoms with E-state index in [0.29, 0.717) is 16.5 Å². The van der Waals surface area contributed by atoms with Crippen LogP contribution in [0, 0.1) is 6.42 Å². The van der Waals surface area contributed by atoms with Crippen LogP contribution in [0.2, 0.25) is 0 Å². The molecule has 1 nitrogen and oxygen atoms in total. The SMILES string of the molecule is OC1=C(Cl)C[CH]C=C1Cl. The van der Waals surface area contributed by atoms with Crippen molar-refractivity contribution in [2.75, 3.05) is 0 Å². The second-order valence-corrected chi connectivity index (χ2v) is 2.57. The topological polar surface area (TPSA) is 20.2 Å². The van der Waals surface area contributed by atoms with Gasteiger partial charge in [0.2, 0.25) is 0 Å². The van der Waals surface area contributed by atoms with Crippen LogP contribution in [0.15, 0.2) is 21.9 Å². The first kappa shape index (κ1) is 6.97. The summed E-state index contributed by atoms with van der Waals surface area (Å²) in [6.45, 7) is 0. The predicted octanol–water partition coefficient (Wildman–Crippen LogP) is 2.73. The van der Waals surface area contributed by atoms with Gasteiger partial charge in [-0.05, 0) is 12.8 Å². The Morgan fingerprint density at radius 2 is 2.11 bits per heavy atom. The number of rotatable bonds is 0. The van der Waals surface area contributed by atoms with E-state index >= 15 is 0 Å². The minimum atomic E-state index is 0.000772. The van der Waals surface area contributed by atoms with Crippen LogP contribution in [0.25, 0.3) is 0 Å². The minimum absolute atomic E-state index is 0.000772. The van der Waals surface area contributed by atoms with E-state index in [1.165, 1.54) is 0 Å². The molecule has 9 heavy (non-hydrogen) atoms. The van der Waals surface area contributed by atoms with Crippen LogP contribution in [-0.4, -0.2) is 5.11 Å². The summed E-state index contributed by atoms with van der Waals surface area (Å²) in [5.41, 5.74) is 0. The standard InChI is InChI=1S/C6H5Cl2O/c7-4-2-1-3-5(8)6(4)9/h1-2,9H,3H2. The number of aliphatic hydroxyl groups excluding tert-OH is 1. The van der Waals surface area contributed by atoms with E-state index in [1.807, 2.05) is 0 Å². The fourth-order valence-corrected chi connectivity index (χ4v) is 1.01. The first-order valence-corrected chi connectivity index (χ1v) is 3.24. The molecule has 3 heteroatoms. The van der Waals surface area contributed by atoms with Gasteiger partial charge in [0.05, 0.1) is 10.1 Å².